The van der Waals surface area contributed by atoms with Gasteiger partial charge in [0.1, 0.15) is 0 Å². The van der Waals surface area contributed by atoms with Crippen LogP contribution in [0.1, 0.15) is 12.8 Å². The molecule has 3 rings (SSSR count). The number of para-hydroxylation sites is 1. The molecule has 21 heavy (non-hydrogen) atoms. The Morgan fingerprint density at radius 2 is 2.19 bits per heavy atom. The summed E-state index contributed by atoms with van der Waals surface area (Å²) in [6, 6.07) is 10.0. The standard InChI is InChI=1S/C15H19N5O/c1-20(12-6-3-2-4-7-12)14-11-17-19-15(18-14)16-10-13-8-5-9-21-13/h2-4,6-7,11,13H,5,8-10H2,1H3,(H,16,18,19). The number of aromatic nitrogens is 3. The van der Waals surface area contributed by atoms with E-state index in [4.69, 9.17) is 4.74 Å². The molecule has 1 aromatic heterocycles. The van der Waals surface area contributed by atoms with Crippen molar-refractivity contribution in [2.45, 2.75) is 18.9 Å². The van der Waals surface area contributed by atoms with Gasteiger partial charge in [0.25, 0.3) is 0 Å². The fraction of sp³-hybridized carbons (Fsp3) is 0.400. The van der Waals surface area contributed by atoms with Gasteiger partial charge in [-0.3, -0.25) is 0 Å². The van der Waals surface area contributed by atoms with Gasteiger partial charge in [0, 0.05) is 25.9 Å². The molecule has 0 saturated carbocycles. The van der Waals surface area contributed by atoms with Gasteiger partial charge in [-0.1, -0.05) is 18.2 Å². The normalized spacial score (nSPS) is 17.7. The summed E-state index contributed by atoms with van der Waals surface area (Å²) in [5.41, 5.74) is 1.06. The van der Waals surface area contributed by atoms with E-state index >= 15 is 0 Å². The molecular weight excluding hydrogens is 266 g/mol. The molecule has 0 amide bonds. The second-order valence-electron chi connectivity index (χ2n) is 5.05. The first-order valence-electron chi connectivity index (χ1n) is 7.17. The largest absolute Gasteiger partial charge is 0.376 e. The third-order valence-corrected chi connectivity index (χ3v) is 3.55. The number of rotatable bonds is 5. The molecule has 1 atom stereocenters. The minimum absolute atomic E-state index is 0.254. The van der Waals surface area contributed by atoms with E-state index in [1.807, 2.05) is 42.3 Å². The van der Waals surface area contributed by atoms with Crippen LogP contribution in [-0.2, 0) is 4.74 Å². The van der Waals surface area contributed by atoms with Crippen molar-refractivity contribution in [3.8, 4) is 0 Å². The summed E-state index contributed by atoms with van der Waals surface area (Å²) in [6.45, 7) is 1.57. The van der Waals surface area contributed by atoms with Crippen LogP contribution in [-0.4, -0.2) is 41.5 Å². The lowest BCUT2D eigenvalue weighted by atomic mass is 10.2. The number of ether oxygens (including phenoxy) is 1. The van der Waals surface area contributed by atoms with Crippen molar-refractivity contribution in [1.82, 2.24) is 15.2 Å². The highest BCUT2D eigenvalue weighted by molar-refractivity contribution is 5.58. The molecule has 1 aliphatic heterocycles. The van der Waals surface area contributed by atoms with Gasteiger partial charge < -0.3 is 15.0 Å². The molecule has 0 radical (unpaired) electrons. The van der Waals surface area contributed by atoms with Crippen LogP contribution in [0.5, 0.6) is 0 Å². The summed E-state index contributed by atoms with van der Waals surface area (Å²) in [6.07, 6.45) is 4.13. The lowest BCUT2D eigenvalue weighted by molar-refractivity contribution is 0.120. The van der Waals surface area contributed by atoms with Crippen LogP contribution in [0.25, 0.3) is 0 Å². The van der Waals surface area contributed by atoms with Gasteiger partial charge in [0.05, 0.1) is 12.3 Å². The number of nitrogens with one attached hydrogen (secondary N) is 1. The number of hydrogen-bond acceptors (Lipinski definition) is 6. The predicted molar refractivity (Wildman–Crippen MR) is 81.8 cm³/mol. The predicted octanol–water partition coefficient (Wildman–Crippen LogP) is 2.23. The van der Waals surface area contributed by atoms with Crippen molar-refractivity contribution >= 4 is 17.5 Å². The summed E-state index contributed by atoms with van der Waals surface area (Å²) in [4.78, 5) is 6.47. The van der Waals surface area contributed by atoms with Crippen LogP contribution in [0, 0.1) is 0 Å². The lowest BCUT2D eigenvalue weighted by Gasteiger charge is -2.18. The molecule has 110 valence electrons. The molecule has 0 bridgehead atoms. The average Bonchev–Trinajstić information content (AvgIpc) is 3.07. The minimum Gasteiger partial charge on any atom is -0.376 e. The van der Waals surface area contributed by atoms with E-state index in [9.17, 15) is 0 Å². The monoisotopic (exact) mass is 285 g/mol. The molecule has 1 N–H and O–H groups in total. The van der Waals surface area contributed by atoms with Crippen molar-refractivity contribution in [2.75, 3.05) is 30.4 Å². The first kappa shape index (κ1) is 13.8. The number of nitrogens with zero attached hydrogens (tertiary/aromatic N) is 4. The zero-order valence-corrected chi connectivity index (χ0v) is 12.1. The molecule has 1 saturated heterocycles. The van der Waals surface area contributed by atoms with E-state index in [1.165, 1.54) is 0 Å². The van der Waals surface area contributed by atoms with Gasteiger partial charge in [-0.2, -0.15) is 10.1 Å². The molecule has 1 fully saturated rings. The molecule has 1 unspecified atom stereocenters. The molecule has 0 spiro atoms. The van der Waals surface area contributed by atoms with Gasteiger partial charge in [-0.05, 0) is 25.0 Å². The van der Waals surface area contributed by atoms with Crippen molar-refractivity contribution in [3.63, 3.8) is 0 Å². The summed E-state index contributed by atoms with van der Waals surface area (Å²) in [5.74, 6) is 1.29. The van der Waals surface area contributed by atoms with E-state index in [2.05, 4.69) is 20.5 Å². The molecular formula is C15H19N5O. The molecule has 2 aromatic rings. The smallest absolute Gasteiger partial charge is 0.244 e. The van der Waals surface area contributed by atoms with Crippen LogP contribution in [0.2, 0.25) is 0 Å². The van der Waals surface area contributed by atoms with Gasteiger partial charge in [0.15, 0.2) is 5.82 Å². The maximum absolute atomic E-state index is 5.57. The highest BCUT2D eigenvalue weighted by atomic mass is 16.5. The zero-order valence-electron chi connectivity index (χ0n) is 12.1. The fourth-order valence-corrected chi connectivity index (χ4v) is 2.33. The van der Waals surface area contributed by atoms with E-state index in [0.29, 0.717) is 5.95 Å². The summed E-state index contributed by atoms with van der Waals surface area (Å²) >= 11 is 0. The third-order valence-electron chi connectivity index (χ3n) is 3.55. The van der Waals surface area contributed by atoms with Crippen LogP contribution < -0.4 is 10.2 Å². The molecule has 6 nitrogen and oxygen atoms in total. The molecule has 2 heterocycles. The summed E-state index contributed by atoms with van der Waals surface area (Å²) in [5, 5.41) is 11.2. The Labute approximate surface area is 124 Å². The first-order valence-corrected chi connectivity index (χ1v) is 7.17. The second-order valence-corrected chi connectivity index (χ2v) is 5.05. The third kappa shape index (κ3) is 3.46. The van der Waals surface area contributed by atoms with Crippen molar-refractivity contribution in [3.05, 3.63) is 36.5 Å². The first-order chi connectivity index (χ1) is 10.3. The highest BCUT2D eigenvalue weighted by Gasteiger charge is 2.15. The maximum atomic E-state index is 5.57. The van der Waals surface area contributed by atoms with Crippen LogP contribution >= 0.6 is 0 Å². The Bertz CT molecular complexity index is 571. The molecule has 0 aliphatic carbocycles. The quantitative estimate of drug-likeness (QED) is 0.909. The van der Waals surface area contributed by atoms with E-state index in [1.54, 1.807) is 6.20 Å². The Balaban J connectivity index is 1.67. The molecule has 6 heteroatoms. The Hall–Kier alpha value is -2.21. The fourth-order valence-electron chi connectivity index (χ4n) is 2.33. The second kappa shape index (κ2) is 6.49. The highest BCUT2D eigenvalue weighted by Crippen LogP contribution is 2.20. The van der Waals surface area contributed by atoms with Crippen LogP contribution in [0.15, 0.2) is 36.5 Å². The van der Waals surface area contributed by atoms with Gasteiger partial charge >= 0.3 is 0 Å². The van der Waals surface area contributed by atoms with Crippen LogP contribution in [0.4, 0.5) is 17.5 Å². The number of hydrogen-bond donors (Lipinski definition) is 1. The summed E-state index contributed by atoms with van der Waals surface area (Å²) < 4.78 is 5.57. The van der Waals surface area contributed by atoms with E-state index < -0.39 is 0 Å². The van der Waals surface area contributed by atoms with E-state index in [-0.39, 0.29) is 6.10 Å². The van der Waals surface area contributed by atoms with Gasteiger partial charge in [-0.25, -0.2) is 0 Å². The van der Waals surface area contributed by atoms with Crippen molar-refractivity contribution in [1.29, 1.82) is 0 Å². The van der Waals surface area contributed by atoms with Gasteiger partial charge in [0.2, 0.25) is 5.95 Å². The molecule has 1 aliphatic rings. The lowest BCUT2D eigenvalue weighted by Crippen LogP contribution is -2.20. The van der Waals surface area contributed by atoms with Gasteiger partial charge in [-0.15, -0.1) is 5.10 Å². The topological polar surface area (TPSA) is 63.2 Å². The SMILES string of the molecule is CN(c1ccccc1)c1cnnc(NCC2CCCO2)n1. The Morgan fingerprint density at radius 1 is 1.33 bits per heavy atom. The number of anilines is 3. The number of benzene rings is 1. The Kier molecular flexibility index (Phi) is 4.25. The van der Waals surface area contributed by atoms with E-state index in [0.717, 1.165) is 37.5 Å². The van der Waals surface area contributed by atoms with Crippen molar-refractivity contribution < 1.29 is 4.74 Å². The summed E-state index contributed by atoms with van der Waals surface area (Å²) in [7, 11) is 1.96. The maximum Gasteiger partial charge on any atom is 0.244 e. The van der Waals surface area contributed by atoms with Crippen molar-refractivity contribution in [2.24, 2.45) is 0 Å². The molecule has 1 aromatic carbocycles. The van der Waals surface area contributed by atoms with Crippen LogP contribution in [0.3, 0.4) is 0 Å². The minimum atomic E-state index is 0.254. The zero-order chi connectivity index (χ0) is 14.5. The Morgan fingerprint density at radius 3 is 2.95 bits per heavy atom. The average molecular weight is 285 g/mol.